The van der Waals surface area contributed by atoms with Crippen LogP contribution in [0.3, 0.4) is 0 Å². The van der Waals surface area contributed by atoms with Crippen molar-refractivity contribution in [1.82, 2.24) is 4.90 Å². The highest BCUT2D eigenvalue weighted by Crippen LogP contribution is 2.46. The topological polar surface area (TPSA) is 159 Å². The zero-order chi connectivity index (χ0) is 30.5. The first-order valence-electron chi connectivity index (χ1n) is 14.2. The van der Waals surface area contributed by atoms with Crippen molar-refractivity contribution in [2.24, 2.45) is 0 Å². The zero-order valence-electron chi connectivity index (χ0n) is 23.9. The number of hydrogen-bond acceptors (Lipinski definition) is 7. The quantitative estimate of drug-likeness (QED) is 0.347. The molecule has 5 rings (SSSR count). The van der Waals surface area contributed by atoms with Gasteiger partial charge in [0.05, 0.1) is 12.8 Å². The molecule has 11 nitrogen and oxygen atoms in total. The second-order valence-electron chi connectivity index (χ2n) is 11.5. The van der Waals surface area contributed by atoms with Gasteiger partial charge in [0.25, 0.3) is 0 Å². The van der Waals surface area contributed by atoms with Gasteiger partial charge < -0.3 is 35.1 Å². The third-order valence-corrected chi connectivity index (χ3v) is 8.57. The second kappa shape index (κ2) is 12.9. The third-order valence-electron chi connectivity index (χ3n) is 8.57. The van der Waals surface area contributed by atoms with E-state index in [-0.39, 0.29) is 5.91 Å². The van der Waals surface area contributed by atoms with Crippen molar-refractivity contribution in [2.45, 2.75) is 56.0 Å². The number of hydrogen-bond donors (Lipinski definition) is 4. The molecule has 1 amide bonds. The molecule has 0 saturated carbocycles. The lowest BCUT2D eigenvalue weighted by molar-refractivity contribution is -0.170. The Hall–Kier alpha value is -3.96. The summed E-state index contributed by atoms with van der Waals surface area (Å²) in [4.78, 5) is 50.0. The van der Waals surface area contributed by atoms with E-state index in [4.69, 9.17) is 20.4 Å². The summed E-state index contributed by atoms with van der Waals surface area (Å²) in [5.74, 6) is -4.73. The zero-order valence-corrected chi connectivity index (χ0v) is 23.9. The van der Waals surface area contributed by atoms with E-state index < -0.39 is 36.4 Å². The molecule has 0 unspecified atom stereocenters. The monoisotopic (exact) mass is 581 g/mol. The average Bonchev–Trinajstić information content (AvgIpc) is 3.21. The first kappa shape index (κ1) is 31.0. The van der Waals surface area contributed by atoms with E-state index in [1.807, 2.05) is 11.0 Å². The Balaban J connectivity index is 0.000000266. The number of aryl methyl sites for hydroxylation is 1. The molecule has 4 N–H and O–H groups in total. The molecule has 0 bridgehead atoms. The summed E-state index contributed by atoms with van der Waals surface area (Å²) in [7, 11) is 2.23. The minimum atomic E-state index is -2.74. The molecule has 2 aromatic rings. The fourth-order valence-corrected chi connectivity index (χ4v) is 6.42. The van der Waals surface area contributed by atoms with Gasteiger partial charge in [0.2, 0.25) is 5.91 Å². The van der Waals surface area contributed by atoms with E-state index in [0.717, 1.165) is 51.3 Å². The number of piperidine rings is 1. The summed E-state index contributed by atoms with van der Waals surface area (Å²) in [5.41, 5.74) is 3.02. The Morgan fingerprint density at radius 1 is 0.857 bits per heavy atom. The van der Waals surface area contributed by atoms with Crippen LogP contribution in [0, 0.1) is 0 Å². The molecule has 1 spiro atoms. The molecule has 42 heavy (non-hydrogen) atoms. The molecule has 0 radical (unpaired) electrons. The first-order chi connectivity index (χ1) is 19.9. The number of para-hydroxylation sites is 2. The highest BCUT2D eigenvalue weighted by Gasteiger charge is 2.43. The average molecular weight is 582 g/mol. The smallest absolute Gasteiger partial charge is 0.336 e. The van der Waals surface area contributed by atoms with Crippen LogP contribution in [0.5, 0.6) is 0 Å². The molecule has 3 aliphatic heterocycles. The van der Waals surface area contributed by atoms with Crippen LogP contribution in [0.1, 0.15) is 49.7 Å². The SMILES string of the molecule is CN1CC2(CCN(CCCN3C(=O)CCc4ccccc43)CC2)c2ccccc21.O=C(O)CC(O)(CC(=O)O)C(=O)O. The van der Waals surface area contributed by atoms with E-state index in [2.05, 4.69) is 59.3 Å². The number of aliphatic carboxylic acids is 3. The van der Waals surface area contributed by atoms with Crippen LogP contribution in [0.15, 0.2) is 48.5 Å². The predicted octanol–water partition coefficient (Wildman–Crippen LogP) is 2.59. The number of anilines is 2. The maximum atomic E-state index is 12.5. The molecule has 2 aromatic carbocycles. The fraction of sp³-hybridized carbons (Fsp3) is 0.484. The van der Waals surface area contributed by atoms with Gasteiger partial charge >= 0.3 is 17.9 Å². The Bertz CT molecular complexity index is 1300. The molecule has 226 valence electrons. The molecule has 1 fully saturated rings. The highest BCUT2D eigenvalue weighted by atomic mass is 16.4. The number of carbonyl (C=O) groups is 4. The van der Waals surface area contributed by atoms with Crippen molar-refractivity contribution in [3.8, 4) is 0 Å². The van der Waals surface area contributed by atoms with E-state index in [0.29, 0.717) is 11.8 Å². The molecular formula is C31H39N3O8. The molecule has 0 atom stereocenters. The Morgan fingerprint density at radius 3 is 2.07 bits per heavy atom. The van der Waals surface area contributed by atoms with Crippen molar-refractivity contribution in [2.75, 3.05) is 49.6 Å². The molecule has 0 aliphatic carbocycles. The number of likely N-dealkylation sites (N-methyl/N-ethyl adjacent to an activating group) is 1. The first-order valence-corrected chi connectivity index (χ1v) is 14.2. The van der Waals surface area contributed by atoms with Crippen LogP contribution in [0.25, 0.3) is 0 Å². The van der Waals surface area contributed by atoms with Gasteiger partial charge in [-0.1, -0.05) is 36.4 Å². The normalized spacial score (nSPS) is 17.7. The summed E-state index contributed by atoms with van der Waals surface area (Å²) < 4.78 is 0. The summed E-state index contributed by atoms with van der Waals surface area (Å²) in [6, 6.07) is 17.3. The minimum absolute atomic E-state index is 0.284. The number of carboxylic acids is 3. The standard InChI is InChI=1S/C25H31N3O.C6H8O7/c1-26-19-25(21-8-3-5-10-23(21)26)13-17-27(18-14-25)15-6-16-28-22-9-4-2-7-20(22)11-12-24(28)29;7-3(8)1-6(13,5(11)12)2-4(9)10/h2-5,7-10H,6,11-19H2,1H3;13H,1-2H2,(H,7,8)(H,9,10)(H,11,12). The number of rotatable bonds is 9. The second-order valence-corrected chi connectivity index (χ2v) is 11.5. The van der Waals surface area contributed by atoms with E-state index in [9.17, 15) is 19.2 Å². The molecule has 3 aliphatic rings. The number of likely N-dealkylation sites (tertiary alicyclic amines) is 1. The van der Waals surface area contributed by atoms with Crippen molar-refractivity contribution in [3.63, 3.8) is 0 Å². The number of carboxylic acid groups (broad SMARTS) is 3. The lowest BCUT2D eigenvalue weighted by atomic mass is 9.74. The maximum Gasteiger partial charge on any atom is 0.336 e. The van der Waals surface area contributed by atoms with E-state index >= 15 is 0 Å². The summed E-state index contributed by atoms with van der Waals surface area (Å²) >= 11 is 0. The Labute approximate surface area is 245 Å². The summed E-state index contributed by atoms with van der Waals surface area (Å²) in [6.45, 7) is 5.39. The van der Waals surface area contributed by atoms with E-state index in [1.54, 1.807) is 5.56 Å². The predicted molar refractivity (Wildman–Crippen MR) is 156 cm³/mol. The Kier molecular flexibility index (Phi) is 9.53. The van der Waals surface area contributed by atoms with Gasteiger partial charge in [0.15, 0.2) is 5.60 Å². The maximum absolute atomic E-state index is 12.5. The van der Waals surface area contributed by atoms with Crippen LogP contribution in [-0.4, -0.2) is 94.5 Å². The molecule has 3 heterocycles. The largest absolute Gasteiger partial charge is 0.481 e. The van der Waals surface area contributed by atoms with Gasteiger partial charge in [-0.2, -0.15) is 0 Å². The number of nitrogens with zero attached hydrogens (tertiary/aromatic N) is 3. The van der Waals surface area contributed by atoms with Gasteiger partial charge in [0.1, 0.15) is 0 Å². The van der Waals surface area contributed by atoms with Crippen LogP contribution in [0.2, 0.25) is 0 Å². The van der Waals surface area contributed by atoms with Gasteiger partial charge in [-0.05, 0) is 68.6 Å². The van der Waals surface area contributed by atoms with Crippen LogP contribution >= 0.6 is 0 Å². The lowest BCUT2D eigenvalue weighted by Gasteiger charge is -2.40. The number of fused-ring (bicyclic) bond motifs is 3. The van der Waals surface area contributed by atoms with Crippen molar-refractivity contribution in [3.05, 3.63) is 59.7 Å². The van der Waals surface area contributed by atoms with Crippen molar-refractivity contribution < 1.29 is 39.6 Å². The molecular weight excluding hydrogens is 542 g/mol. The fourth-order valence-electron chi connectivity index (χ4n) is 6.42. The Morgan fingerprint density at radius 2 is 1.45 bits per heavy atom. The van der Waals surface area contributed by atoms with Crippen molar-refractivity contribution >= 4 is 35.2 Å². The number of carbonyl (C=O) groups excluding carboxylic acids is 1. The molecule has 0 aromatic heterocycles. The van der Waals surface area contributed by atoms with E-state index in [1.165, 1.54) is 24.1 Å². The van der Waals surface area contributed by atoms with Crippen LogP contribution in [-0.2, 0) is 31.0 Å². The lowest BCUT2D eigenvalue weighted by Crippen LogP contribution is -2.45. The van der Waals surface area contributed by atoms with Crippen molar-refractivity contribution in [1.29, 1.82) is 0 Å². The number of benzene rings is 2. The minimum Gasteiger partial charge on any atom is -0.481 e. The van der Waals surface area contributed by atoms with Crippen LogP contribution in [0.4, 0.5) is 11.4 Å². The molecule has 11 heteroatoms. The van der Waals surface area contributed by atoms with Crippen LogP contribution < -0.4 is 9.80 Å². The number of amides is 1. The summed E-state index contributed by atoms with van der Waals surface area (Å²) in [6.07, 6.45) is 2.76. The van der Waals surface area contributed by atoms with Gasteiger partial charge in [0, 0.05) is 43.3 Å². The van der Waals surface area contributed by atoms with Gasteiger partial charge in [-0.3, -0.25) is 14.4 Å². The third kappa shape index (κ3) is 6.91. The summed E-state index contributed by atoms with van der Waals surface area (Å²) in [5, 5.41) is 33.8. The molecule has 1 saturated heterocycles. The highest BCUT2D eigenvalue weighted by molar-refractivity contribution is 5.96. The number of aliphatic hydroxyl groups is 1. The van der Waals surface area contributed by atoms with Gasteiger partial charge in [-0.25, -0.2) is 4.79 Å². The van der Waals surface area contributed by atoms with Gasteiger partial charge in [-0.15, -0.1) is 0 Å².